The van der Waals surface area contributed by atoms with Crippen LogP contribution in [0.2, 0.25) is 0 Å². The minimum absolute atomic E-state index is 0.0590. The molecule has 0 fully saturated rings. The standard InChI is InChI=1S/C29H30N4O4/c1-3-11-31-28(37)20-9-7-19(8-10-20)26(36)13-18-5-4-6-21(12-18)27-24-14-22(16-34)23(17-35)15-25(24)32-29(30-2)33-27/h4-10,12,14-15,34-35H,3,11,13,16-17H2,1-2H3,(H,31,37)(H,30,32,33). The van der Waals surface area contributed by atoms with Gasteiger partial charge in [0, 0.05) is 42.1 Å². The number of anilines is 1. The molecule has 0 saturated heterocycles. The van der Waals surface area contributed by atoms with Gasteiger partial charge in [-0.2, -0.15) is 0 Å². The van der Waals surface area contributed by atoms with Crippen molar-refractivity contribution in [1.29, 1.82) is 0 Å². The number of nitrogens with zero attached hydrogens (tertiary/aromatic N) is 2. The third-order valence-electron chi connectivity index (χ3n) is 6.15. The Morgan fingerprint density at radius 1 is 0.892 bits per heavy atom. The Kier molecular flexibility index (Phi) is 8.22. The van der Waals surface area contributed by atoms with E-state index < -0.39 is 0 Å². The largest absolute Gasteiger partial charge is 0.392 e. The lowest BCUT2D eigenvalue weighted by Crippen LogP contribution is -2.23. The van der Waals surface area contributed by atoms with Crippen LogP contribution in [-0.4, -0.2) is 45.5 Å². The lowest BCUT2D eigenvalue weighted by atomic mass is 9.97. The number of hydrogen-bond acceptors (Lipinski definition) is 7. The molecule has 1 aromatic heterocycles. The van der Waals surface area contributed by atoms with E-state index in [2.05, 4.69) is 20.6 Å². The van der Waals surface area contributed by atoms with Crippen LogP contribution in [0.5, 0.6) is 0 Å². The van der Waals surface area contributed by atoms with E-state index in [-0.39, 0.29) is 31.3 Å². The fourth-order valence-electron chi connectivity index (χ4n) is 4.15. The molecule has 4 N–H and O–H groups in total. The molecule has 0 aliphatic carbocycles. The summed E-state index contributed by atoms with van der Waals surface area (Å²) in [6, 6.07) is 17.8. The predicted octanol–water partition coefficient (Wildman–Crippen LogP) is 3.89. The van der Waals surface area contributed by atoms with Gasteiger partial charge in [-0.15, -0.1) is 0 Å². The first-order valence-corrected chi connectivity index (χ1v) is 12.2. The molecule has 0 spiro atoms. The predicted molar refractivity (Wildman–Crippen MR) is 143 cm³/mol. The highest BCUT2D eigenvalue weighted by Gasteiger charge is 2.15. The van der Waals surface area contributed by atoms with E-state index in [0.29, 0.717) is 46.0 Å². The zero-order valence-electron chi connectivity index (χ0n) is 20.9. The maximum absolute atomic E-state index is 13.0. The summed E-state index contributed by atoms with van der Waals surface area (Å²) in [4.78, 5) is 34.3. The van der Waals surface area contributed by atoms with Crippen molar-refractivity contribution in [3.63, 3.8) is 0 Å². The minimum Gasteiger partial charge on any atom is -0.392 e. The molecule has 4 aromatic rings. The van der Waals surface area contributed by atoms with Gasteiger partial charge in [-0.1, -0.05) is 37.3 Å². The molecule has 0 atom stereocenters. The average molecular weight is 499 g/mol. The van der Waals surface area contributed by atoms with Crippen molar-refractivity contribution in [3.8, 4) is 11.3 Å². The summed E-state index contributed by atoms with van der Waals surface area (Å²) in [6.07, 6.45) is 1.04. The second-order valence-corrected chi connectivity index (χ2v) is 8.73. The summed E-state index contributed by atoms with van der Waals surface area (Å²) in [5.41, 5.74) is 5.19. The number of aliphatic hydroxyl groups excluding tert-OH is 2. The van der Waals surface area contributed by atoms with Gasteiger partial charge in [0.1, 0.15) is 0 Å². The van der Waals surface area contributed by atoms with Gasteiger partial charge in [0.05, 0.1) is 24.4 Å². The summed E-state index contributed by atoms with van der Waals surface area (Å²) >= 11 is 0. The Morgan fingerprint density at radius 3 is 2.27 bits per heavy atom. The molecule has 8 heteroatoms. The van der Waals surface area contributed by atoms with Crippen molar-refractivity contribution in [3.05, 3.63) is 88.5 Å². The minimum atomic E-state index is -0.216. The van der Waals surface area contributed by atoms with Crippen LogP contribution in [0.4, 0.5) is 5.95 Å². The number of Topliss-reactive ketones (excluding diaryl/α,β-unsaturated/α-hetero) is 1. The number of carbonyl (C=O) groups is 2. The molecular weight excluding hydrogens is 468 g/mol. The summed E-state index contributed by atoms with van der Waals surface area (Å²) in [5.74, 6) is 0.214. The fourth-order valence-corrected chi connectivity index (χ4v) is 4.15. The molecule has 0 unspecified atom stereocenters. The zero-order chi connectivity index (χ0) is 26.4. The fraction of sp³-hybridized carbons (Fsp3) is 0.241. The second kappa shape index (κ2) is 11.7. The topological polar surface area (TPSA) is 124 Å². The van der Waals surface area contributed by atoms with Crippen LogP contribution in [0, 0.1) is 0 Å². The van der Waals surface area contributed by atoms with Gasteiger partial charge in [-0.3, -0.25) is 9.59 Å². The Balaban J connectivity index is 1.63. The van der Waals surface area contributed by atoms with Crippen LogP contribution in [0.1, 0.15) is 50.8 Å². The summed E-state index contributed by atoms with van der Waals surface area (Å²) in [7, 11) is 1.73. The number of carbonyl (C=O) groups excluding carboxylic acids is 2. The highest BCUT2D eigenvalue weighted by Crippen LogP contribution is 2.30. The highest BCUT2D eigenvalue weighted by molar-refractivity contribution is 6.00. The Morgan fingerprint density at radius 2 is 1.59 bits per heavy atom. The zero-order valence-corrected chi connectivity index (χ0v) is 20.9. The maximum Gasteiger partial charge on any atom is 0.251 e. The van der Waals surface area contributed by atoms with E-state index in [9.17, 15) is 19.8 Å². The van der Waals surface area contributed by atoms with Crippen LogP contribution >= 0.6 is 0 Å². The molecule has 0 bridgehead atoms. The number of fused-ring (bicyclic) bond motifs is 1. The lowest BCUT2D eigenvalue weighted by molar-refractivity contribution is 0.0950. The van der Waals surface area contributed by atoms with E-state index in [4.69, 9.17) is 0 Å². The quantitative estimate of drug-likeness (QED) is 0.245. The Labute approximate surface area is 215 Å². The summed E-state index contributed by atoms with van der Waals surface area (Å²) in [5, 5.41) is 26.0. The number of benzene rings is 3. The number of hydrogen-bond donors (Lipinski definition) is 4. The molecule has 0 aliphatic heterocycles. The maximum atomic E-state index is 13.0. The molecule has 1 heterocycles. The molecule has 4 rings (SSSR count). The van der Waals surface area contributed by atoms with Crippen LogP contribution in [0.15, 0.2) is 60.7 Å². The Bertz CT molecular complexity index is 1430. The van der Waals surface area contributed by atoms with E-state index in [1.165, 1.54) is 0 Å². The third kappa shape index (κ3) is 5.82. The molecule has 0 radical (unpaired) electrons. The third-order valence-corrected chi connectivity index (χ3v) is 6.15. The van der Waals surface area contributed by atoms with Crippen LogP contribution in [0.3, 0.4) is 0 Å². The first kappa shape index (κ1) is 25.9. The van der Waals surface area contributed by atoms with Gasteiger partial charge in [0.25, 0.3) is 5.91 Å². The molecule has 3 aromatic carbocycles. The number of amides is 1. The first-order valence-electron chi connectivity index (χ1n) is 12.2. The number of aliphatic hydroxyl groups is 2. The van der Waals surface area contributed by atoms with Crippen molar-refractivity contribution in [2.24, 2.45) is 0 Å². The van der Waals surface area contributed by atoms with E-state index in [1.807, 2.05) is 31.2 Å². The van der Waals surface area contributed by atoms with Gasteiger partial charge in [-0.05, 0) is 53.4 Å². The highest BCUT2D eigenvalue weighted by atomic mass is 16.3. The smallest absolute Gasteiger partial charge is 0.251 e. The molecule has 8 nitrogen and oxygen atoms in total. The normalized spacial score (nSPS) is 10.9. The van der Waals surface area contributed by atoms with Crippen molar-refractivity contribution in [2.45, 2.75) is 33.0 Å². The molecular formula is C29H30N4O4. The van der Waals surface area contributed by atoms with Crippen LogP contribution < -0.4 is 10.6 Å². The van der Waals surface area contributed by atoms with Crippen molar-refractivity contribution >= 4 is 28.5 Å². The molecule has 37 heavy (non-hydrogen) atoms. The van der Waals surface area contributed by atoms with Crippen molar-refractivity contribution in [1.82, 2.24) is 15.3 Å². The first-order chi connectivity index (χ1) is 18.0. The van der Waals surface area contributed by atoms with Crippen molar-refractivity contribution in [2.75, 3.05) is 18.9 Å². The second-order valence-electron chi connectivity index (χ2n) is 8.73. The van der Waals surface area contributed by atoms with Crippen LogP contribution in [0.25, 0.3) is 22.2 Å². The summed E-state index contributed by atoms with van der Waals surface area (Å²) < 4.78 is 0. The molecule has 0 aliphatic rings. The molecule has 190 valence electrons. The SMILES string of the molecule is CCCNC(=O)c1ccc(C(=O)Cc2cccc(-c3nc(NC)nc4cc(CO)c(CO)cc34)c2)cc1. The lowest BCUT2D eigenvalue weighted by Gasteiger charge is -2.13. The number of ketones is 1. The summed E-state index contributed by atoms with van der Waals surface area (Å²) in [6.45, 7) is 2.18. The molecule has 1 amide bonds. The van der Waals surface area contributed by atoms with E-state index in [1.54, 1.807) is 43.4 Å². The average Bonchev–Trinajstić information content (AvgIpc) is 2.94. The Hall–Kier alpha value is -4.14. The monoisotopic (exact) mass is 498 g/mol. The van der Waals surface area contributed by atoms with Gasteiger partial charge in [0.15, 0.2) is 5.78 Å². The number of aromatic nitrogens is 2. The number of nitrogens with one attached hydrogen (secondary N) is 2. The van der Waals surface area contributed by atoms with Gasteiger partial charge in [0.2, 0.25) is 5.95 Å². The van der Waals surface area contributed by atoms with Crippen molar-refractivity contribution < 1.29 is 19.8 Å². The van der Waals surface area contributed by atoms with Crippen LogP contribution in [-0.2, 0) is 19.6 Å². The number of rotatable bonds is 10. The van der Waals surface area contributed by atoms with E-state index in [0.717, 1.165) is 22.9 Å². The van der Waals surface area contributed by atoms with Gasteiger partial charge >= 0.3 is 0 Å². The van der Waals surface area contributed by atoms with Gasteiger partial charge < -0.3 is 20.8 Å². The molecule has 0 saturated carbocycles. The van der Waals surface area contributed by atoms with Gasteiger partial charge in [-0.25, -0.2) is 9.97 Å². The van der Waals surface area contributed by atoms with E-state index >= 15 is 0 Å².